The van der Waals surface area contributed by atoms with Crippen molar-refractivity contribution in [1.29, 1.82) is 0 Å². The zero-order valence-electron chi connectivity index (χ0n) is 13.3. The highest BCUT2D eigenvalue weighted by Gasteiger charge is 2.21. The van der Waals surface area contributed by atoms with Crippen molar-refractivity contribution in [2.24, 2.45) is 5.92 Å². The van der Waals surface area contributed by atoms with Crippen LogP contribution in [-0.4, -0.2) is 56.2 Å². The van der Waals surface area contributed by atoms with Crippen LogP contribution in [0, 0.1) is 5.92 Å². The van der Waals surface area contributed by atoms with Crippen molar-refractivity contribution in [3.8, 4) is 0 Å². The zero-order chi connectivity index (χ0) is 14.8. The Balaban J connectivity index is 1.76. The number of likely N-dealkylation sites (N-methyl/N-ethyl adjacent to an activating group) is 1. The fourth-order valence-corrected chi connectivity index (χ4v) is 3.13. The Morgan fingerprint density at radius 2 is 1.67 bits per heavy atom. The molecule has 3 heterocycles. The smallest absolute Gasteiger partial charge is 0.154 e. The number of anilines is 3. The average molecular weight is 289 g/mol. The van der Waals surface area contributed by atoms with Crippen molar-refractivity contribution >= 4 is 17.3 Å². The summed E-state index contributed by atoms with van der Waals surface area (Å²) in [5.41, 5.74) is 6.98. The molecule has 2 aliphatic rings. The Labute approximate surface area is 127 Å². The Hall–Kier alpha value is -1.49. The van der Waals surface area contributed by atoms with E-state index in [1.165, 1.54) is 12.8 Å². The molecule has 0 unspecified atom stereocenters. The second-order valence-corrected chi connectivity index (χ2v) is 6.54. The van der Waals surface area contributed by atoms with Crippen molar-refractivity contribution in [2.45, 2.75) is 19.8 Å². The second kappa shape index (κ2) is 6.10. The molecule has 5 nitrogen and oxygen atoms in total. The molecule has 0 aliphatic carbocycles. The van der Waals surface area contributed by atoms with Crippen LogP contribution >= 0.6 is 0 Å². The molecule has 2 aliphatic heterocycles. The molecule has 0 amide bonds. The normalized spacial score (nSPS) is 21.8. The number of nitrogens with two attached hydrogens (primary N) is 1. The van der Waals surface area contributed by atoms with Gasteiger partial charge in [0.05, 0.1) is 5.69 Å². The molecular formula is C16H27N5. The fourth-order valence-electron chi connectivity index (χ4n) is 3.13. The molecule has 5 heteroatoms. The van der Waals surface area contributed by atoms with Crippen LogP contribution in [0.2, 0.25) is 0 Å². The number of piperazine rings is 1. The van der Waals surface area contributed by atoms with Gasteiger partial charge in [-0.2, -0.15) is 0 Å². The summed E-state index contributed by atoms with van der Waals surface area (Å²) >= 11 is 0. The van der Waals surface area contributed by atoms with Gasteiger partial charge in [-0.3, -0.25) is 0 Å². The van der Waals surface area contributed by atoms with Gasteiger partial charge in [0, 0.05) is 39.3 Å². The Kier molecular flexibility index (Phi) is 4.19. The van der Waals surface area contributed by atoms with E-state index in [-0.39, 0.29) is 0 Å². The standard InChI is InChI=1S/C16H27N5/c1-13-5-7-21(8-6-13)16-14(17)3-4-15(18-16)20-11-9-19(2)10-12-20/h3-4,13H,5-12,17H2,1-2H3. The average Bonchev–Trinajstić information content (AvgIpc) is 2.50. The van der Waals surface area contributed by atoms with E-state index in [2.05, 4.69) is 34.7 Å². The summed E-state index contributed by atoms with van der Waals surface area (Å²) in [6.07, 6.45) is 2.47. The lowest BCUT2D eigenvalue weighted by Gasteiger charge is -2.35. The lowest BCUT2D eigenvalue weighted by Crippen LogP contribution is -2.45. The summed E-state index contributed by atoms with van der Waals surface area (Å²) in [6.45, 7) is 8.77. The van der Waals surface area contributed by atoms with E-state index in [0.717, 1.165) is 62.5 Å². The van der Waals surface area contributed by atoms with Gasteiger partial charge in [-0.05, 0) is 37.9 Å². The molecule has 1 aromatic rings. The van der Waals surface area contributed by atoms with Crippen LogP contribution in [0.25, 0.3) is 0 Å². The minimum Gasteiger partial charge on any atom is -0.396 e. The van der Waals surface area contributed by atoms with E-state index in [9.17, 15) is 0 Å². The van der Waals surface area contributed by atoms with Gasteiger partial charge < -0.3 is 20.4 Å². The van der Waals surface area contributed by atoms with Gasteiger partial charge in [-0.1, -0.05) is 6.92 Å². The van der Waals surface area contributed by atoms with Crippen molar-refractivity contribution in [3.63, 3.8) is 0 Å². The number of nitrogens with zero attached hydrogens (tertiary/aromatic N) is 4. The highest BCUT2D eigenvalue weighted by molar-refractivity contribution is 5.66. The lowest BCUT2D eigenvalue weighted by atomic mass is 9.99. The summed E-state index contributed by atoms with van der Waals surface area (Å²) in [5.74, 6) is 2.88. The number of hydrogen-bond acceptors (Lipinski definition) is 5. The maximum Gasteiger partial charge on any atom is 0.154 e. The zero-order valence-corrected chi connectivity index (χ0v) is 13.3. The van der Waals surface area contributed by atoms with Crippen LogP contribution in [-0.2, 0) is 0 Å². The van der Waals surface area contributed by atoms with Gasteiger partial charge in [0.15, 0.2) is 5.82 Å². The summed E-state index contributed by atoms with van der Waals surface area (Å²) in [5, 5.41) is 0. The maximum absolute atomic E-state index is 6.18. The number of rotatable bonds is 2. The molecule has 0 spiro atoms. The molecule has 0 saturated carbocycles. The highest BCUT2D eigenvalue weighted by Crippen LogP contribution is 2.28. The Morgan fingerprint density at radius 1 is 1.00 bits per heavy atom. The molecule has 0 atom stereocenters. The molecule has 2 N–H and O–H groups in total. The number of aromatic nitrogens is 1. The predicted octanol–water partition coefficient (Wildman–Crippen LogP) is 1.65. The second-order valence-electron chi connectivity index (χ2n) is 6.54. The highest BCUT2D eigenvalue weighted by atomic mass is 15.3. The van der Waals surface area contributed by atoms with Crippen molar-refractivity contribution < 1.29 is 0 Å². The molecule has 0 bridgehead atoms. The molecule has 2 saturated heterocycles. The molecule has 0 aromatic carbocycles. The third kappa shape index (κ3) is 3.23. The largest absolute Gasteiger partial charge is 0.396 e. The van der Waals surface area contributed by atoms with Gasteiger partial charge in [-0.25, -0.2) is 4.98 Å². The molecule has 1 aromatic heterocycles. The number of hydrogen-bond donors (Lipinski definition) is 1. The van der Waals surface area contributed by atoms with Gasteiger partial charge in [0.1, 0.15) is 5.82 Å². The molecule has 116 valence electrons. The predicted molar refractivity (Wildman–Crippen MR) is 89.0 cm³/mol. The SMILES string of the molecule is CC1CCN(c2nc(N3CCN(C)CC3)ccc2N)CC1. The first-order valence-electron chi connectivity index (χ1n) is 8.08. The Bertz CT molecular complexity index is 474. The number of pyridine rings is 1. The maximum atomic E-state index is 6.18. The first-order chi connectivity index (χ1) is 10.1. The molecular weight excluding hydrogens is 262 g/mol. The van der Waals surface area contributed by atoms with E-state index in [4.69, 9.17) is 10.7 Å². The van der Waals surface area contributed by atoms with Crippen LogP contribution < -0.4 is 15.5 Å². The van der Waals surface area contributed by atoms with Crippen molar-refractivity contribution in [3.05, 3.63) is 12.1 Å². The minimum absolute atomic E-state index is 0.808. The van der Waals surface area contributed by atoms with E-state index >= 15 is 0 Å². The van der Waals surface area contributed by atoms with Gasteiger partial charge in [-0.15, -0.1) is 0 Å². The van der Waals surface area contributed by atoms with E-state index in [0.29, 0.717) is 0 Å². The molecule has 0 radical (unpaired) electrons. The topological polar surface area (TPSA) is 48.6 Å². The van der Waals surface area contributed by atoms with Gasteiger partial charge in [0.25, 0.3) is 0 Å². The monoisotopic (exact) mass is 289 g/mol. The first kappa shape index (κ1) is 14.4. The minimum atomic E-state index is 0.808. The van der Waals surface area contributed by atoms with Crippen molar-refractivity contribution in [2.75, 3.05) is 61.8 Å². The summed E-state index contributed by atoms with van der Waals surface area (Å²) in [7, 11) is 2.17. The van der Waals surface area contributed by atoms with Crippen LogP contribution in [0.15, 0.2) is 12.1 Å². The van der Waals surface area contributed by atoms with Crippen molar-refractivity contribution in [1.82, 2.24) is 9.88 Å². The first-order valence-corrected chi connectivity index (χ1v) is 8.08. The van der Waals surface area contributed by atoms with Crippen LogP contribution in [0.4, 0.5) is 17.3 Å². The third-order valence-electron chi connectivity index (χ3n) is 4.80. The summed E-state index contributed by atoms with van der Waals surface area (Å²) in [4.78, 5) is 12.0. The molecule has 21 heavy (non-hydrogen) atoms. The molecule has 2 fully saturated rings. The number of piperidine rings is 1. The van der Waals surface area contributed by atoms with E-state index in [1.807, 2.05) is 6.07 Å². The lowest BCUT2D eigenvalue weighted by molar-refractivity contribution is 0.312. The quantitative estimate of drug-likeness (QED) is 0.897. The molecule has 3 rings (SSSR count). The summed E-state index contributed by atoms with van der Waals surface area (Å²) in [6, 6.07) is 4.09. The van der Waals surface area contributed by atoms with Crippen LogP contribution in [0.3, 0.4) is 0 Å². The summed E-state index contributed by atoms with van der Waals surface area (Å²) < 4.78 is 0. The van der Waals surface area contributed by atoms with Gasteiger partial charge >= 0.3 is 0 Å². The Morgan fingerprint density at radius 3 is 2.33 bits per heavy atom. The van der Waals surface area contributed by atoms with Gasteiger partial charge in [0.2, 0.25) is 0 Å². The third-order valence-corrected chi connectivity index (χ3v) is 4.80. The van der Waals surface area contributed by atoms with E-state index < -0.39 is 0 Å². The van der Waals surface area contributed by atoms with Crippen LogP contribution in [0.5, 0.6) is 0 Å². The van der Waals surface area contributed by atoms with Crippen LogP contribution in [0.1, 0.15) is 19.8 Å². The van der Waals surface area contributed by atoms with E-state index in [1.54, 1.807) is 0 Å². The fraction of sp³-hybridized carbons (Fsp3) is 0.688. The number of nitrogen functional groups attached to an aromatic ring is 1.